The Bertz CT molecular complexity index is 205. The molecule has 1 heterocycles. The van der Waals surface area contributed by atoms with Crippen LogP contribution < -0.4 is 0 Å². The van der Waals surface area contributed by atoms with Crippen molar-refractivity contribution in [1.82, 2.24) is 0 Å². The Hall–Kier alpha value is -1.32. The molecular formula is C5H4N2O2. The standard InChI is InChI=1S/C5H4N2O2/c8-3-4-1-7-5(9)2-6-4/h1,3H,2H2. The van der Waals surface area contributed by atoms with E-state index in [1.54, 1.807) is 0 Å². The minimum Gasteiger partial charge on any atom is -0.296 e. The van der Waals surface area contributed by atoms with Crippen molar-refractivity contribution in [2.24, 2.45) is 9.98 Å². The number of hydrogen-bond acceptors (Lipinski definition) is 3. The van der Waals surface area contributed by atoms with Gasteiger partial charge in [0.05, 0.1) is 6.21 Å². The van der Waals surface area contributed by atoms with E-state index in [1.807, 2.05) is 0 Å². The van der Waals surface area contributed by atoms with Crippen LogP contribution in [0.25, 0.3) is 0 Å². The largest absolute Gasteiger partial charge is 0.296 e. The summed E-state index contributed by atoms with van der Waals surface area (Å²) in [6.45, 7) is 0.00454. The zero-order valence-corrected chi connectivity index (χ0v) is 4.57. The normalized spacial score (nSPS) is 17.3. The zero-order chi connectivity index (χ0) is 6.69. The van der Waals surface area contributed by atoms with Crippen LogP contribution in [-0.2, 0) is 9.59 Å². The van der Waals surface area contributed by atoms with Crippen molar-refractivity contribution < 1.29 is 9.59 Å². The summed E-state index contributed by atoms with van der Waals surface area (Å²) in [6, 6.07) is 0. The van der Waals surface area contributed by atoms with Crippen molar-refractivity contribution in [2.75, 3.05) is 6.54 Å². The third-order valence-electron chi connectivity index (χ3n) is 0.858. The molecule has 0 radical (unpaired) electrons. The Labute approximate surface area is 51.3 Å². The summed E-state index contributed by atoms with van der Waals surface area (Å²) in [5.74, 6) is -0.305. The van der Waals surface area contributed by atoms with Crippen LogP contribution in [0.2, 0.25) is 0 Å². The van der Waals surface area contributed by atoms with Gasteiger partial charge in [0.2, 0.25) is 0 Å². The van der Waals surface area contributed by atoms with E-state index in [4.69, 9.17) is 0 Å². The van der Waals surface area contributed by atoms with Crippen LogP contribution in [0.4, 0.5) is 0 Å². The Morgan fingerprint density at radius 3 is 2.89 bits per heavy atom. The lowest BCUT2D eigenvalue weighted by Crippen LogP contribution is -2.13. The Kier molecular flexibility index (Phi) is 1.48. The Morgan fingerprint density at radius 1 is 1.67 bits per heavy atom. The first kappa shape index (κ1) is 5.81. The maximum Gasteiger partial charge on any atom is 0.267 e. The molecule has 0 N–H and O–H groups in total. The van der Waals surface area contributed by atoms with Crippen LogP contribution >= 0.6 is 0 Å². The van der Waals surface area contributed by atoms with Crippen molar-refractivity contribution in [3.63, 3.8) is 0 Å². The lowest BCUT2D eigenvalue weighted by Gasteiger charge is -1.94. The van der Waals surface area contributed by atoms with E-state index in [1.165, 1.54) is 6.21 Å². The summed E-state index contributed by atoms with van der Waals surface area (Å²) < 4.78 is 0. The van der Waals surface area contributed by atoms with Gasteiger partial charge >= 0.3 is 0 Å². The summed E-state index contributed by atoms with van der Waals surface area (Å²) in [6.07, 6.45) is 1.73. The molecule has 46 valence electrons. The summed E-state index contributed by atoms with van der Waals surface area (Å²) in [7, 11) is 0. The second-order valence-corrected chi connectivity index (χ2v) is 1.51. The van der Waals surface area contributed by atoms with Gasteiger partial charge in [-0.25, -0.2) is 4.99 Å². The molecule has 0 saturated carbocycles. The average Bonchev–Trinajstić information content (AvgIpc) is 1.90. The highest BCUT2D eigenvalue weighted by atomic mass is 16.1. The Morgan fingerprint density at radius 2 is 2.44 bits per heavy atom. The van der Waals surface area contributed by atoms with Crippen LogP contribution in [0.15, 0.2) is 9.98 Å². The van der Waals surface area contributed by atoms with E-state index in [0.29, 0.717) is 6.29 Å². The molecule has 0 spiro atoms. The molecule has 0 fully saturated rings. The molecule has 0 bridgehead atoms. The molecule has 0 atom stereocenters. The SMILES string of the molecule is O=CC1=NCC(=O)N=C1. The van der Waals surface area contributed by atoms with Gasteiger partial charge in [-0.05, 0) is 0 Å². The minimum absolute atomic E-state index is 0.00454. The van der Waals surface area contributed by atoms with Crippen molar-refractivity contribution in [2.45, 2.75) is 0 Å². The minimum atomic E-state index is -0.305. The van der Waals surface area contributed by atoms with Gasteiger partial charge in [0.1, 0.15) is 12.3 Å². The first-order valence-electron chi connectivity index (χ1n) is 2.39. The number of carbonyl (C=O) groups excluding carboxylic acids is 2. The number of rotatable bonds is 1. The summed E-state index contributed by atoms with van der Waals surface area (Å²) >= 11 is 0. The van der Waals surface area contributed by atoms with Crippen LogP contribution in [-0.4, -0.2) is 30.7 Å². The van der Waals surface area contributed by atoms with Gasteiger partial charge in [0.25, 0.3) is 5.91 Å². The highest BCUT2D eigenvalue weighted by Crippen LogP contribution is 1.84. The molecule has 0 aromatic rings. The molecule has 0 saturated heterocycles. The number of nitrogens with zero attached hydrogens (tertiary/aromatic N) is 2. The third-order valence-corrected chi connectivity index (χ3v) is 0.858. The molecular weight excluding hydrogens is 120 g/mol. The Balaban J connectivity index is 2.73. The third kappa shape index (κ3) is 1.28. The van der Waals surface area contributed by atoms with Gasteiger partial charge in [0.15, 0.2) is 6.29 Å². The van der Waals surface area contributed by atoms with Gasteiger partial charge in [-0.1, -0.05) is 0 Å². The lowest BCUT2D eigenvalue weighted by atomic mass is 10.4. The van der Waals surface area contributed by atoms with Gasteiger partial charge in [-0.2, -0.15) is 0 Å². The summed E-state index contributed by atoms with van der Waals surface area (Å²) in [4.78, 5) is 27.2. The highest BCUT2D eigenvalue weighted by Gasteiger charge is 2.03. The molecule has 0 aliphatic carbocycles. The molecule has 1 aliphatic rings. The van der Waals surface area contributed by atoms with E-state index in [0.717, 1.165) is 0 Å². The van der Waals surface area contributed by atoms with E-state index >= 15 is 0 Å². The molecule has 1 aliphatic heterocycles. The van der Waals surface area contributed by atoms with Crippen molar-refractivity contribution in [1.29, 1.82) is 0 Å². The summed E-state index contributed by atoms with van der Waals surface area (Å²) in [5.41, 5.74) is 0.231. The average molecular weight is 124 g/mol. The number of aliphatic imine (C=N–C) groups is 2. The van der Waals surface area contributed by atoms with Crippen molar-refractivity contribution >= 4 is 24.1 Å². The van der Waals surface area contributed by atoms with Crippen LogP contribution in [0.1, 0.15) is 0 Å². The second-order valence-electron chi connectivity index (χ2n) is 1.51. The molecule has 4 nitrogen and oxygen atoms in total. The molecule has 0 aromatic carbocycles. The number of hydrogen-bond donors (Lipinski definition) is 0. The van der Waals surface area contributed by atoms with E-state index < -0.39 is 0 Å². The smallest absolute Gasteiger partial charge is 0.267 e. The lowest BCUT2D eigenvalue weighted by molar-refractivity contribution is -0.116. The maximum absolute atomic E-state index is 10.3. The number of aldehydes is 1. The maximum atomic E-state index is 10.3. The fraction of sp³-hybridized carbons (Fsp3) is 0.200. The quantitative estimate of drug-likeness (QED) is 0.431. The van der Waals surface area contributed by atoms with E-state index in [2.05, 4.69) is 9.98 Å². The van der Waals surface area contributed by atoms with Crippen LogP contribution in [0.5, 0.6) is 0 Å². The molecule has 9 heavy (non-hydrogen) atoms. The van der Waals surface area contributed by atoms with Crippen LogP contribution in [0, 0.1) is 0 Å². The molecule has 0 aromatic heterocycles. The van der Waals surface area contributed by atoms with Gasteiger partial charge in [-0.3, -0.25) is 14.6 Å². The van der Waals surface area contributed by atoms with Gasteiger partial charge in [0, 0.05) is 0 Å². The van der Waals surface area contributed by atoms with Crippen molar-refractivity contribution in [3.05, 3.63) is 0 Å². The fourth-order valence-corrected chi connectivity index (χ4v) is 0.446. The predicted molar refractivity (Wildman–Crippen MR) is 31.9 cm³/mol. The molecule has 0 unspecified atom stereocenters. The molecule has 1 amide bonds. The summed E-state index contributed by atoms with van der Waals surface area (Å²) in [5, 5.41) is 0. The topological polar surface area (TPSA) is 58.9 Å². The molecule has 4 heteroatoms. The number of amides is 1. The zero-order valence-electron chi connectivity index (χ0n) is 4.57. The number of carbonyl (C=O) groups is 2. The van der Waals surface area contributed by atoms with Crippen LogP contribution in [0.3, 0.4) is 0 Å². The molecule has 1 rings (SSSR count). The highest BCUT2D eigenvalue weighted by molar-refractivity contribution is 6.55. The predicted octanol–water partition coefficient (Wildman–Crippen LogP) is -0.763. The first-order valence-corrected chi connectivity index (χ1v) is 2.39. The van der Waals surface area contributed by atoms with E-state index in [9.17, 15) is 9.59 Å². The fourth-order valence-electron chi connectivity index (χ4n) is 0.446. The first-order chi connectivity index (χ1) is 4.33. The van der Waals surface area contributed by atoms with Gasteiger partial charge < -0.3 is 0 Å². The van der Waals surface area contributed by atoms with Crippen molar-refractivity contribution in [3.8, 4) is 0 Å². The van der Waals surface area contributed by atoms with Gasteiger partial charge in [-0.15, -0.1) is 0 Å². The second kappa shape index (κ2) is 2.30. The van der Waals surface area contributed by atoms with E-state index in [-0.39, 0.29) is 18.2 Å². The monoisotopic (exact) mass is 124 g/mol.